The zero-order valence-electron chi connectivity index (χ0n) is 16.7. The number of likely N-dealkylation sites (tertiary alicyclic amines) is 1. The number of carbonyl (C=O) groups excluding carboxylic acids is 2. The van der Waals surface area contributed by atoms with Crippen LogP contribution in [0.25, 0.3) is 0 Å². The van der Waals surface area contributed by atoms with Crippen LogP contribution in [0.2, 0.25) is 0 Å². The Hall–Kier alpha value is -3.56. The second-order valence-corrected chi connectivity index (χ2v) is 7.12. The van der Waals surface area contributed by atoms with E-state index in [0.717, 1.165) is 0 Å². The van der Waals surface area contributed by atoms with Crippen LogP contribution in [-0.4, -0.2) is 40.8 Å². The molecule has 8 nitrogen and oxygen atoms in total. The number of nitrogens with zero attached hydrogens (tertiary/aromatic N) is 2. The number of carbonyl (C=O) groups is 2. The molecule has 31 heavy (non-hydrogen) atoms. The molecule has 0 spiro atoms. The molecule has 1 fully saturated rings. The highest BCUT2D eigenvalue weighted by Crippen LogP contribution is 2.25. The smallest absolute Gasteiger partial charge is 0.387 e. The number of amides is 2. The molecule has 1 saturated heterocycles. The molecular weight excluding hydrogens is 412 g/mol. The van der Waals surface area contributed by atoms with Gasteiger partial charge in [0, 0.05) is 35.8 Å². The minimum atomic E-state index is -2.98. The average Bonchev–Trinajstić information content (AvgIpc) is 3.21. The van der Waals surface area contributed by atoms with Gasteiger partial charge in [0.15, 0.2) is 0 Å². The number of halogens is 2. The van der Waals surface area contributed by atoms with Crippen molar-refractivity contribution in [3.8, 4) is 5.75 Å². The molecule has 3 rings (SSSR count). The summed E-state index contributed by atoms with van der Waals surface area (Å²) in [5.74, 6) is -0.827. The number of nitro groups is 1. The molecule has 1 aliphatic heterocycles. The van der Waals surface area contributed by atoms with Gasteiger partial charge in [0.25, 0.3) is 11.6 Å². The molecule has 0 radical (unpaired) electrons. The molecule has 2 amide bonds. The van der Waals surface area contributed by atoms with E-state index < -0.39 is 29.4 Å². The molecule has 2 aromatic carbocycles. The van der Waals surface area contributed by atoms with Crippen molar-refractivity contribution in [1.82, 2.24) is 10.2 Å². The molecular formula is C21H21F2N3O5. The molecule has 0 saturated carbocycles. The van der Waals surface area contributed by atoms with Gasteiger partial charge in [0.05, 0.1) is 4.92 Å². The van der Waals surface area contributed by atoms with E-state index in [0.29, 0.717) is 30.5 Å². The lowest BCUT2D eigenvalue weighted by molar-refractivity contribution is -0.385. The Morgan fingerprint density at radius 2 is 2.03 bits per heavy atom. The molecule has 2 aromatic rings. The largest absolute Gasteiger partial charge is 0.434 e. The van der Waals surface area contributed by atoms with E-state index >= 15 is 0 Å². The van der Waals surface area contributed by atoms with Crippen LogP contribution >= 0.6 is 0 Å². The zero-order chi connectivity index (χ0) is 22.5. The predicted molar refractivity (Wildman–Crippen MR) is 107 cm³/mol. The van der Waals surface area contributed by atoms with Crippen LogP contribution in [0.3, 0.4) is 0 Å². The first-order valence-corrected chi connectivity index (χ1v) is 9.64. The first-order valence-electron chi connectivity index (χ1n) is 9.64. The SMILES string of the molecule is Cc1cc(C(=O)N2CCC[C@H]2C(=O)NCc2ccccc2OC(F)F)ccc1[N+](=O)[O-]. The molecule has 1 atom stereocenters. The van der Waals surface area contributed by atoms with Crippen molar-refractivity contribution in [2.75, 3.05) is 6.54 Å². The van der Waals surface area contributed by atoms with Crippen LogP contribution in [0.15, 0.2) is 42.5 Å². The number of alkyl halides is 2. The Labute approximate surface area is 176 Å². The first kappa shape index (κ1) is 22.1. The molecule has 1 N–H and O–H groups in total. The van der Waals surface area contributed by atoms with Crippen LogP contribution in [0.1, 0.15) is 34.3 Å². The number of benzene rings is 2. The molecule has 0 unspecified atom stereocenters. The monoisotopic (exact) mass is 433 g/mol. The van der Waals surface area contributed by atoms with Crippen LogP contribution in [0.5, 0.6) is 5.75 Å². The van der Waals surface area contributed by atoms with Crippen molar-refractivity contribution in [2.24, 2.45) is 0 Å². The Morgan fingerprint density at radius 3 is 2.71 bits per heavy atom. The van der Waals surface area contributed by atoms with E-state index in [-0.39, 0.29) is 23.5 Å². The fraction of sp³-hybridized carbons (Fsp3) is 0.333. The first-order chi connectivity index (χ1) is 14.8. The van der Waals surface area contributed by atoms with Crippen molar-refractivity contribution < 1.29 is 28.0 Å². The number of nitro benzene ring substituents is 1. The van der Waals surface area contributed by atoms with Crippen molar-refractivity contribution in [2.45, 2.75) is 39.0 Å². The Morgan fingerprint density at radius 1 is 1.29 bits per heavy atom. The molecule has 0 aliphatic carbocycles. The number of para-hydroxylation sites is 1. The Bertz CT molecular complexity index is 999. The average molecular weight is 433 g/mol. The zero-order valence-corrected chi connectivity index (χ0v) is 16.7. The quantitative estimate of drug-likeness (QED) is 0.533. The molecule has 164 valence electrons. The normalized spacial score (nSPS) is 15.7. The molecule has 10 heteroatoms. The molecule has 0 bridgehead atoms. The fourth-order valence-corrected chi connectivity index (χ4v) is 3.60. The number of aryl methyl sites for hydroxylation is 1. The summed E-state index contributed by atoms with van der Waals surface area (Å²) >= 11 is 0. The highest BCUT2D eigenvalue weighted by atomic mass is 19.3. The summed E-state index contributed by atoms with van der Waals surface area (Å²) in [6, 6.07) is 9.50. The predicted octanol–water partition coefficient (Wildman–Crippen LogP) is 3.43. The van der Waals surface area contributed by atoms with Crippen molar-refractivity contribution in [1.29, 1.82) is 0 Å². The topological polar surface area (TPSA) is 102 Å². The van der Waals surface area contributed by atoms with Gasteiger partial charge >= 0.3 is 6.61 Å². The number of rotatable bonds is 7. The summed E-state index contributed by atoms with van der Waals surface area (Å²) in [7, 11) is 0. The number of hydrogen-bond acceptors (Lipinski definition) is 5. The second-order valence-electron chi connectivity index (χ2n) is 7.12. The van der Waals surface area contributed by atoms with Gasteiger partial charge in [0.2, 0.25) is 5.91 Å². The van der Waals surface area contributed by atoms with Gasteiger partial charge in [-0.2, -0.15) is 8.78 Å². The van der Waals surface area contributed by atoms with E-state index in [2.05, 4.69) is 10.1 Å². The van der Waals surface area contributed by atoms with E-state index in [1.807, 2.05) is 0 Å². The van der Waals surface area contributed by atoms with Gasteiger partial charge in [0.1, 0.15) is 11.8 Å². The van der Waals surface area contributed by atoms with Crippen LogP contribution < -0.4 is 10.1 Å². The highest BCUT2D eigenvalue weighted by Gasteiger charge is 2.34. The lowest BCUT2D eigenvalue weighted by Gasteiger charge is -2.24. The summed E-state index contributed by atoms with van der Waals surface area (Å²) in [6.45, 7) is -1.10. The van der Waals surface area contributed by atoms with E-state index in [1.165, 1.54) is 29.2 Å². The minimum absolute atomic E-state index is 0.0292. The maximum Gasteiger partial charge on any atom is 0.387 e. The van der Waals surface area contributed by atoms with Gasteiger partial charge in [-0.3, -0.25) is 19.7 Å². The van der Waals surface area contributed by atoms with Crippen molar-refractivity contribution in [3.05, 3.63) is 69.3 Å². The Balaban J connectivity index is 1.69. The maximum atomic E-state index is 12.9. The summed E-state index contributed by atoms with van der Waals surface area (Å²) in [5.41, 5.74) is 0.917. The fourth-order valence-electron chi connectivity index (χ4n) is 3.60. The standard InChI is InChI=1S/C21H21F2N3O5/c1-13-11-14(8-9-16(13)26(29)30)20(28)25-10-4-6-17(25)19(27)24-12-15-5-2-3-7-18(15)31-21(22)23/h2-3,5,7-9,11,17,21H,4,6,10,12H2,1H3,(H,24,27)/t17-/m0/s1. The Kier molecular flexibility index (Phi) is 6.78. The van der Waals surface area contributed by atoms with Crippen LogP contribution in [0.4, 0.5) is 14.5 Å². The lowest BCUT2D eigenvalue weighted by atomic mass is 10.1. The van der Waals surface area contributed by atoms with Crippen molar-refractivity contribution >= 4 is 17.5 Å². The van der Waals surface area contributed by atoms with E-state index in [1.54, 1.807) is 25.1 Å². The van der Waals surface area contributed by atoms with Gasteiger partial charge in [-0.15, -0.1) is 0 Å². The van der Waals surface area contributed by atoms with Crippen LogP contribution in [0, 0.1) is 17.0 Å². The van der Waals surface area contributed by atoms with Crippen LogP contribution in [-0.2, 0) is 11.3 Å². The minimum Gasteiger partial charge on any atom is -0.434 e. The van der Waals surface area contributed by atoms with Gasteiger partial charge in [-0.25, -0.2) is 0 Å². The third kappa shape index (κ3) is 5.14. The van der Waals surface area contributed by atoms with E-state index in [9.17, 15) is 28.5 Å². The third-order valence-electron chi connectivity index (χ3n) is 5.10. The van der Waals surface area contributed by atoms with Crippen molar-refractivity contribution in [3.63, 3.8) is 0 Å². The number of ether oxygens (including phenoxy) is 1. The summed E-state index contributed by atoms with van der Waals surface area (Å²) in [5, 5.41) is 13.7. The molecule has 1 heterocycles. The van der Waals surface area contributed by atoms with Gasteiger partial charge in [-0.05, 0) is 38.0 Å². The highest BCUT2D eigenvalue weighted by molar-refractivity contribution is 5.98. The maximum absolute atomic E-state index is 12.9. The molecule has 1 aliphatic rings. The third-order valence-corrected chi connectivity index (χ3v) is 5.10. The summed E-state index contributed by atoms with van der Waals surface area (Å²) in [6.07, 6.45) is 1.08. The summed E-state index contributed by atoms with van der Waals surface area (Å²) < 4.78 is 29.6. The summed E-state index contributed by atoms with van der Waals surface area (Å²) in [4.78, 5) is 37.5. The van der Waals surface area contributed by atoms with Gasteiger partial charge in [-0.1, -0.05) is 18.2 Å². The van der Waals surface area contributed by atoms with Gasteiger partial charge < -0.3 is 15.0 Å². The number of hydrogen-bond donors (Lipinski definition) is 1. The number of nitrogens with one attached hydrogen (secondary N) is 1. The molecule has 0 aromatic heterocycles. The lowest BCUT2D eigenvalue weighted by Crippen LogP contribution is -2.45. The van der Waals surface area contributed by atoms with E-state index in [4.69, 9.17) is 0 Å². The second kappa shape index (κ2) is 9.50.